The minimum Gasteiger partial charge on any atom is -0.368 e. The zero-order valence-corrected chi connectivity index (χ0v) is 29.6. The lowest BCUT2D eigenvalue weighted by atomic mass is 9.96. The average molecular weight is 675 g/mol. The molecule has 14 heteroatoms. The molecule has 1 aromatic carbocycles. The largest absolute Gasteiger partial charge is 0.368 e. The Kier molecular flexibility index (Phi) is 16.0. The van der Waals surface area contributed by atoms with Gasteiger partial charge in [-0.1, -0.05) is 54.0 Å². The van der Waals surface area contributed by atoms with Crippen LogP contribution in [-0.2, 0) is 25.6 Å². The molecule has 2 rings (SSSR count). The third-order valence-corrected chi connectivity index (χ3v) is 9.13. The van der Waals surface area contributed by atoms with Gasteiger partial charge in [0.25, 0.3) is 0 Å². The molecular weight excluding hydrogens is 620 g/mol. The number of amides is 6. The lowest BCUT2D eigenvalue weighted by Gasteiger charge is -2.29. The number of unbranched alkanes of at least 4 members (excludes halogenated alkanes) is 1. The summed E-state index contributed by atoms with van der Waals surface area (Å²) in [7, 11) is 1.45. The molecule has 0 aliphatic heterocycles. The number of nitrogens with one attached hydrogen (secondary N) is 5. The van der Waals surface area contributed by atoms with Gasteiger partial charge < -0.3 is 38.1 Å². The summed E-state index contributed by atoms with van der Waals surface area (Å²) in [5, 5.41) is 14.1. The van der Waals surface area contributed by atoms with E-state index in [9.17, 15) is 24.0 Å². The first kappa shape index (κ1) is 39.4. The number of carbonyl (C=O) groups is 5. The third-order valence-electron chi connectivity index (χ3n) is 8.09. The van der Waals surface area contributed by atoms with Gasteiger partial charge in [0.1, 0.15) is 24.2 Å². The van der Waals surface area contributed by atoms with Crippen LogP contribution in [0.15, 0.2) is 18.2 Å². The molecule has 6 amide bonds. The maximum atomic E-state index is 13.8. The second kappa shape index (κ2) is 19.1. The predicted molar refractivity (Wildman–Crippen MR) is 186 cm³/mol. The summed E-state index contributed by atoms with van der Waals surface area (Å²) < 4.78 is 0.980. The molecule has 0 radical (unpaired) electrons. The summed E-state index contributed by atoms with van der Waals surface area (Å²) >= 11 is 1.45. The molecule has 0 aliphatic rings. The van der Waals surface area contributed by atoms with Gasteiger partial charge in [-0.05, 0) is 67.7 Å². The standard InChI is InChI=1S/C33H54N8O5S/c1-8-20(6)28(32(45)38-23(11-9-10-14-34)30(43)39-24(29(35)42)15-18(2)3)41-31(44)25(40-33(46)36-7)17-27-37-22-13-12-21(19(4)5)16-26(22)47-27/h12-13,16,18-20,23-25,28H,8-11,14-15,17,34H2,1-7H3,(H2,35,42)(H,38,45)(H,39,43)(H,41,44)(H2,36,40,46)/t20-,23-,24-,25-,28-/m0/s1. The third kappa shape index (κ3) is 12.4. The highest BCUT2D eigenvalue weighted by molar-refractivity contribution is 7.18. The lowest BCUT2D eigenvalue weighted by Crippen LogP contribution is -2.60. The molecule has 5 atom stereocenters. The first-order valence-electron chi connectivity index (χ1n) is 16.5. The van der Waals surface area contributed by atoms with Crippen LogP contribution in [0.5, 0.6) is 0 Å². The highest BCUT2D eigenvalue weighted by Gasteiger charge is 2.33. The van der Waals surface area contributed by atoms with Crippen molar-refractivity contribution in [2.24, 2.45) is 23.3 Å². The SMILES string of the molecule is CC[C@H](C)[C@H](NC(=O)[C@H](Cc1nc2ccc(C(C)C)cc2s1)NC(=O)NC)C(=O)N[C@@H](CCCCN)C(=O)N[C@@H](CC(C)C)C(N)=O. The van der Waals surface area contributed by atoms with Crippen molar-refractivity contribution in [2.75, 3.05) is 13.6 Å². The van der Waals surface area contributed by atoms with Crippen LogP contribution in [0.2, 0.25) is 0 Å². The van der Waals surface area contributed by atoms with Gasteiger partial charge in [-0.2, -0.15) is 0 Å². The van der Waals surface area contributed by atoms with Crippen LogP contribution in [0, 0.1) is 11.8 Å². The molecule has 0 saturated heterocycles. The van der Waals surface area contributed by atoms with Crippen molar-refractivity contribution in [3.63, 3.8) is 0 Å². The molecule has 0 aliphatic carbocycles. The molecule has 0 unspecified atom stereocenters. The minimum atomic E-state index is -1.03. The molecule has 0 saturated carbocycles. The number of primary amides is 1. The number of hydrogen-bond acceptors (Lipinski definition) is 8. The Labute approximate surface area is 282 Å². The van der Waals surface area contributed by atoms with E-state index in [0.717, 1.165) is 10.2 Å². The van der Waals surface area contributed by atoms with Crippen molar-refractivity contribution in [3.05, 3.63) is 28.8 Å². The zero-order chi connectivity index (χ0) is 35.3. The van der Waals surface area contributed by atoms with E-state index < -0.39 is 53.8 Å². The Morgan fingerprint density at radius 2 is 1.53 bits per heavy atom. The first-order valence-corrected chi connectivity index (χ1v) is 17.3. The van der Waals surface area contributed by atoms with Crippen molar-refractivity contribution >= 4 is 51.2 Å². The van der Waals surface area contributed by atoms with Gasteiger partial charge in [-0.25, -0.2) is 9.78 Å². The smallest absolute Gasteiger partial charge is 0.315 e. The van der Waals surface area contributed by atoms with Crippen molar-refractivity contribution in [1.82, 2.24) is 31.6 Å². The van der Waals surface area contributed by atoms with Gasteiger partial charge in [0, 0.05) is 13.5 Å². The van der Waals surface area contributed by atoms with Crippen LogP contribution < -0.4 is 38.1 Å². The number of aromatic nitrogens is 1. The van der Waals surface area contributed by atoms with Crippen LogP contribution in [0.25, 0.3) is 10.2 Å². The second-order valence-corrected chi connectivity index (χ2v) is 13.9. The molecule has 1 aromatic heterocycles. The van der Waals surface area contributed by atoms with Gasteiger partial charge in [-0.3, -0.25) is 19.2 Å². The first-order chi connectivity index (χ1) is 22.2. The van der Waals surface area contributed by atoms with Crippen molar-refractivity contribution in [3.8, 4) is 0 Å². The maximum absolute atomic E-state index is 13.8. The zero-order valence-electron chi connectivity index (χ0n) is 28.8. The van der Waals surface area contributed by atoms with Crippen LogP contribution in [0.4, 0.5) is 4.79 Å². The molecule has 47 heavy (non-hydrogen) atoms. The van der Waals surface area contributed by atoms with Crippen LogP contribution >= 0.6 is 11.3 Å². The number of carbonyl (C=O) groups excluding carboxylic acids is 5. The normalized spacial score (nSPS) is 14.6. The molecule has 13 nitrogen and oxygen atoms in total. The molecule has 0 spiro atoms. The Morgan fingerprint density at radius 1 is 0.872 bits per heavy atom. The number of thiazole rings is 1. The number of fused-ring (bicyclic) bond motifs is 1. The van der Waals surface area contributed by atoms with E-state index in [4.69, 9.17) is 11.5 Å². The number of nitrogens with two attached hydrogens (primary N) is 2. The molecule has 0 fully saturated rings. The number of benzene rings is 1. The summed E-state index contributed by atoms with van der Waals surface area (Å²) in [6.45, 7) is 12.2. The fourth-order valence-electron chi connectivity index (χ4n) is 5.02. The highest BCUT2D eigenvalue weighted by atomic mass is 32.1. The number of nitrogens with zero attached hydrogens (tertiary/aromatic N) is 1. The fourth-order valence-corrected chi connectivity index (χ4v) is 6.08. The van der Waals surface area contributed by atoms with Crippen molar-refractivity contribution in [1.29, 1.82) is 0 Å². The maximum Gasteiger partial charge on any atom is 0.315 e. The summed E-state index contributed by atoms with van der Waals surface area (Å²) in [6, 6.07) is 1.58. The van der Waals surface area contributed by atoms with E-state index in [2.05, 4.69) is 51.5 Å². The quantitative estimate of drug-likeness (QED) is 0.111. The van der Waals surface area contributed by atoms with Gasteiger partial charge >= 0.3 is 6.03 Å². The number of hydrogen-bond donors (Lipinski definition) is 7. The van der Waals surface area contributed by atoms with E-state index in [1.807, 2.05) is 39.8 Å². The van der Waals surface area contributed by atoms with E-state index in [-0.39, 0.29) is 24.7 Å². The Balaban J connectivity index is 2.30. The fraction of sp³-hybridized carbons (Fsp3) is 0.636. The van der Waals surface area contributed by atoms with Crippen molar-refractivity contribution in [2.45, 2.75) is 110 Å². The molecule has 262 valence electrons. The molecule has 0 bridgehead atoms. The lowest BCUT2D eigenvalue weighted by molar-refractivity contribution is -0.134. The molecule has 9 N–H and O–H groups in total. The van der Waals surface area contributed by atoms with Gasteiger partial charge in [-0.15, -0.1) is 11.3 Å². The Bertz CT molecular complexity index is 1360. The Hall–Kier alpha value is -3.78. The number of urea groups is 1. The monoisotopic (exact) mass is 674 g/mol. The summed E-state index contributed by atoms with van der Waals surface area (Å²) in [6.07, 6.45) is 2.47. The van der Waals surface area contributed by atoms with Gasteiger partial charge in [0.05, 0.1) is 15.2 Å². The van der Waals surface area contributed by atoms with Crippen LogP contribution in [0.1, 0.15) is 90.1 Å². The second-order valence-electron chi connectivity index (χ2n) is 12.8. The average Bonchev–Trinajstić information content (AvgIpc) is 3.43. The predicted octanol–water partition coefficient (Wildman–Crippen LogP) is 2.42. The van der Waals surface area contributed by atoms with Gasteiger partial charge in [0.15, 0.2) is 0 Å². The van der Waals surface area contributed by atoms with Crippen LogP contribution in [-0.4, -0.2) is 72.4 Å². The summed E-state index contributed by atoms with van der Waals surface area (Å²) in [5.74, 6) is -2.19. The van der Waals surface area contributed by atoms with Gasteiger partial charge in [0.2, 0.25) is 23.6 Å². The Morgan fingerprint density at radius 3 is 2.11 bits per heavy atom. The molecule has 2 aromatic rings. The van der Waals surface area contributed by atoms with Crippen molar-refractivity contribution < 1.29 is 24.0 Å². The number of rotatable bonds is 19. The molecule has 1 heterocycles. The minimum absolute atomic E-state index is 0.0969. The van der Waals surface area contributed by atoms with E-state index in [0.29, 0.717) is 43.2 Å². The van der Waals surface area contributed by atoms with E-state index in [1.54, 1.807) is 0 Å². The van der Waals surface area contributed by atoms with Crippen LogP contribution in [0.3, 0.4) is 0 Å². The topological polar surface area (TPSA) is 210 Å². The summed E-state index contributed by atoms with van der Waals surface area (Å²) in [4.78, 5) is 69.9. The summed E-state index contributed by atoms with van der Waals surface area (Å²) in [5.41, 5.74) is 13.2. The highest BCUT2D eigenvalue weighted by Crippen LogP contribution is 2.27. The molecular formula is C33H54N8O5S. The van der Waals surface area contributed by atoms with E-state index >= 15 is 0 Å². The van der Waals surface area contributed by atoms with E-state index in [1.165, 1.54) is 23.9 Å².